The molecule has 3 rings (SSSR count). The first-order chi connectivity index (χ1) is 9.72. The molecule has 1 aliphatic heterocycles. The van der Waals surface area contributed by atoms with Gasteiger partial charge in [0, 0.05) is 24.7 Å². The van der Waals surface area contributed by atoms with Crippen LogP contribution in [-0.4, -0.2) is 36.2 Å². The number of aliphatic hydroxyl groups is 1. The number of aliphatic hydroxyl groups excluding tert-OH is 1. The molecule has 0 saturated heterocycles. The Labute approximate surface area is 118 Å². The first-order valence-electron chi connectivity index (χ1n) is 7.33. The third-order valence-electron chi connectivity index (χ3n) is 4.07. The predicted octanol–water partition coefficient (Wildman–Crippen LogP) is 1.56. The Morgan fingerprint density at radius 2 is 1.80 bits per heavy atom. The van der Waals surface area contributed by atoms with E-state index in [0.29, 0.717) is 5.56 Å². The highest BCUT2D eigenvalue weighted by Crippen LogP contribution is 2.25. The van der Waals surface area contributed by atoms with E-state index in [1.165, 1.54) is 0 Å². The number of carbonyl (C=O) groups excluding carboxylic acids is 1. The Morgan fingerprint density at radius 3 is 2.55 bits per heavy atom. The monoisotopic (exact) mass is 275 g/mol. The lowest BCUT2D eigenvalue weighted by Gasteiger charge is -2.26. The Hall–Kier alpha value is -1.75. The van der Waals surface area contributed by atoms with Gasteiger partial charge in [0.15, 0.2) is 0 Å². The van der Waals surface area contributed by atoms with Crippen LogP contribution in [0.1, 0.15) is 36.0 Å². The summed E-state index contributed by atoms with van der Waals surface area (Å²) in [4.78, 5) is 12.3. The van der Waals surface area contributed by atoms with Crippen LogP contribution in [0.4, 0.5) is 11.4 Å². The third kappa shape index (κ3) is 2.88. The van der Waals surface area contributed by atoms with Gasteiger partial charge >= 0.3 is 0 Å². The largest absolute Gasteiger partial charge is 0.393 e. The number of carbonyl (C=O) groups is 1. The summed E-state index contributed by atoms with van der Waals surface area (Å²) in [5.74, 6) is -0.0263. The minimum atomic E-state index is -0.192. The maximum absolute atomic E-state index is 12.3. The van der Waals surface area contributed by atoms with Crippen molar-refractivity contribution in [3.63, 3.8) is 0 Å². The highest BCUT2D eigenvalue weighted by Gasteiger charge is 2.21. The first-order valence-corrected chi connectivity index (χ1v) is 7.33. The average Bonchev–Trinajstić information content (AvgIpc) is 2.49. The van der Waals surface area contributed by atoms with Crippen molar-refractivity contribution in [2.75, 3.05) is 23.7 Å². The summed E-state index contributed by atoms with van der Waals surface area (Å²) in [5, 5.41) is 19.1. The van der Waals surface area contributed by atoms with Gasteiger partial charge in [-0.2, -0.15) is 0 Å². The molecule has 1 fully saturated rings. The highest BCUT2D eigenvalue weighted by molar-refractivity contribution is 5.96. The molecule has 0 aromatic heterocycles. The minimum absolute atomic E-state index is 0.0263. The molecule has 4 N–H and O–H groups in total. The maximum atomic E-state index is 12.3. The van der Waals surface area contributed by atoms with Gasteiger partial charge in [0.1, 0.15) is 0 Å². The second-order valence-corrected chi connectivity index (χ2v) is 5.59. The van der Waals surface area contributed by atoms with Crippen molar-refractivity contribution in [3.05, 3.63) is 23.8 Å². The van der Waals surface area contributed by atoms with Crippen LogP contribution in [0.3, 0.4) is 0 Å². The van der Waals surface area contributed by atoms with Crippen LogP contribution in [0, 0.1) is 0 Å². The number of nitrogens with one attached hydrogen (secondary N) is 3. The lowest BCUT2D eigenvalue weighted by molar-refractivity contribution is 0.0867. The van der Waals surface area contributed by atoms with Crippen LogP contribution in [-0.2, 0) is 0 Å². The molecule has 1 saturated carbocycles. The molecule has 0 bridgehead atoms. The third-order valence-corrected chi connectivity index (χ3v) is 4.07. The molecule has 0 unspecified atom stereocenters. The smallest absolute Gasteiger partial charge is 0.251 e. The van der Waals surface area contributed by atoms with Crippen molar-refractivity contribution in [3.8, 4) is 0 Å². The van der Waals surface area contributed by atoms with Gasteiger partial charge in [-0.3, -0.25) is 4.79 Å². The topological polar surface area (TPSA) is 73.4 Å². The Morgan fingerprint density at radius 1 is 1.10 bits per heavy atom. The van der Waals surface area contributed by atoms with E-state index in [1.54, 1.807) is 0 Å². The molecule has 1 amide bonds. The van der Waals surface area contributed by atoms with E-state index in [0.717, 1.165) is 50.1 Å². The summed E-state index contributed by atoms with van der Waals surface area (Å²) in [6, 6.07) is 5.88. The standard InChI is InChI=1S/C15H21N3O2/c19-12-4-2-11(3-5-12)18-15(20)10-1-6-13-14(9-10)17-8-7-16-13/h1,6,9,11-12,16-17,19H,2-5,7-8H2,(H,18,20). The molecule has 5 nitrogen and oxygen atoms in total. The fraction of sp³-hybridized carbons (Fsp3) is 0.533. The molecule has 1 aromatic rings. The van der Waals surface area contributed by atoms with Gasteiger partial charge in [0.25, 0.3) is 5.91 Å². The van der Waals surface area contributed by atoms with E-state index < -0.39 is 0 Å². The quantitative estimate of drug-likeness (QED) is 0.661. The van der Waals surface area contributed by atoms with E-state index in [9.17, 15) is 9.90 Å². The number of anilines is 2. The second kappa shape index (κ2) is 5.71. The summed E-state index contributed by atoms with van der Waals surface area (Å²) in [6.45, 7) is 1.78. The average molecular weight is 275 g/mol. The Balaban J connectivity index is 1.65. The number of benzene rings is 1. The summed E-state index contributed by atoms with van der Waals surface area (Å²) in [7, 11) is 0. The van der Waals surface area contributed by atoms with E-state index in [4.69, 9.17) is 0 Å². The molecule has 5 heteroatoms. The van der Waals surface area contributed by atoms with E-state index in [2.05, 4.69) is 16.0 Å². The van der Waals surface area contributed by atoms with Crippen molar-refractivity contribution < 1.29 is 9.90 Å². The molecule has 108 valence electrons. The number of hydrogen-bond donors (Lipinski definition) is 4. The zero-order valence-electron chi connectivity index (χ0n) is 11.5. The molecule has 1 aliphatic carbocycles. The molecule has 20 heavy (non-hydrogen) atoms. The van der Waals surface area contributed by atoms with Crippen molar-refractivity contribution in [2.45, 2.75) is 37.8 Å². The van der Waals surface area contributed by atoms with Crippen LogP contribution in [0.2, 0.25) is 0 Å². The molecule has 0 atom stereocenters. The predicted molar refractivity (Wildman–Crippen MR) is 79.2 cm³/mol. The molecule has 0 radical (unpaired) electrons. The molecule has 2 aliphatic rings. The number of fused-ring (bicyclic) bond motifs is 1. The fourth-order valence-electron chi connectivity index (χ4n) is 2.87. The van der Waals surface area contributed by atoms with Gasteiger partial charge in [0.05, 0.1) is 17.5 Å². The number of hydrogen-bond acceptors (Lipinski definition) is 4. The fourth-order valence-corrected chi connectivity index (χ4v) is 2.87. The summed E-state index contributed by atoms with van der Waals surface area (Å²) < 4.78 is 0. The van der Waals surface area contributed by atoms with Crippen LogP contribution in [0.5, 0.6) is 0 Å². The lowest BCUT2D eigenvalue weighted by Crippen LogP contribution is -2.38. The maximum Gasteiger partial charge on any atom is 0.251 e. The van der Waals surface area contributed by atoms with Gasteiger partial charge < -0.3 is 21.1 Å². The van der Waals surface area contributed by atoms with Crippen molar-refractivity contribution >= 4 is 17.3 Å². The zero-order chi connectivity index (χ0) is 13.9. The normalized spacial score (nSPS) is 25.1. The van der Waals surface area contributed by atoms with E-state index >= 15 is 0 Å². The minimum Gasteiger partial charge on any atom is -0.393 e. The van der Waals surface area contributed by atoms with E-state index in [1.807, 2.05) is 18.2 Å². The van der Waals surface area contributed by atoms with Gasteiger partial charge in [-0.25, -0.2) is 0 Å². The second-order valence-electron chi connectivity index (χ2n) is 5.59. The summed E-state index contributed by atoms with van der Waals surface area (Å²) >= 11 is 0. The summed E-state index contributed by atoms with van der Waals surface area (Å²) in [6.07, 6.45) is 3.08. The molecular formula is C15H21N3O2. The molecule has 1 heterocycles. The first kappa shape index (κ1) is 13.2. The van der Waals surface area contributed by atoms with E-state index in [-0.39, 0.29) is 18.1 Å². The van der Waals surface area contributed by atoms with Crippen molar-refractivity contribution in [2.24, 2.45) is 0 Å². The van der Waals surface area contributed by atoms with Crippen LogP contribution in [0.25, 0.3) is 0 Å². The van der Waals surface area contributed by atoms with Crippen molar-refractivity contribution in [1.29, 1.82) is 0 Å². The van der Waals surface area contributed by atoms with Crippen molar-refractivity contribution in [1.82, 2.24) is 5.32 Å². The summed E-state index contributed by atoms with van der Waals surface area (Å²) in [5.41, 5.74) is 2.72. The van der Waals surface area contributed by atoms with Gasteiger partial charge in [-0.15, -0.1) is 0 Å². The Bertz CT molecular complexity index is 496. The van der Waals surface area contributed by atoms with Gasteiger partial charge in [0.2, 0.25) is 0 Å². The van der Waals surface area contributed by atoms with Crippen LogP contribution < -0.4 is 16.0 Å². The molecular weight excluding hydrogens is 254 g/mol. The Kier molecular flexibility index (Phi) is 3.78. The highest BCUT2D eigenvalue weighted by atomic mass is 16.3. The van der Waals surface area contributed by atoms with Gasteiger partial charge in [-0.05, 0) is 43.9 Å². The number of amides is 1. The van der Waals surface area contributed by atoms with Crippen LogP contribution >= 0.6 is 0 Å². The lowest BCUT2D eigenvalue weighted by atomic mass is 9.93. The molecule has 1 aromatic carbocycles. The number of rotatable bonds is 2. The SMILES string of the molecule is O=C(NC1CCC(O)CC1)c1ccc2c(c1)NCCN2. The zero-order valence-corrected chi connectivity index (χ0v) is 11.5. The van der Waals surface area contributed by atoms with Crippen LogP contribution in [0.15, 0.2) is 18.2 Å². The molecule has 0 spiro atoms. The van der Waals surface area contributed by atoms with Gasteiger partial charge in [-0.1, -0.05) is 0 Å².